The molecular formula is C16H23N3O2. The second-order valence-electron chi connectivity index (χ2n) is 6.00. The number of rotatable bonds is 5. The Balaban J connectivity index is 1.58. The molecule has 5 heteroatoms. The predicted octanol–water partition coefficient (Wildman–Crippen LogP) is 0.735. The number of likely N-dealkylation sites (tertiary alicyclic amines) is 1. The lowest BCUT2D eigenvalue weighted by Crippen LogP contribution is -2.44. The predicted molar refractivity (Wildman–Crippen MR) is 80.9 cm³/mol. The lowest BCUT2D eigenvalue weighted by molar-refractivity contribution is -0.119. The van der Waals surface area contributed by atoms with Gasteiger partial charge in [0.1, 0.15) is 5.75 Å². The Hall–Kier alpha value is -1.59. The van der Waals surface area contributed by atoms with E-state index in [1.807, 2.05) is 12.1 Å². The summed E-state index contributed by atoms with van der Waals surface area (Å²) in [7, 11) is 0. The average molecular weight is 289 g/mol. The molecular weight excluding hydrogens is 266 g/mol. The fourth-order valence-corrected chi connectivity index (χ4v) is 3.44. The van der Waals surface area contributed by atoms with Crippen LogP contribution in [0.2, 0.25) is 0 Å². The van der Waals surface area contributed by atoms with Crippen LogP contribution in [-0.4, -0.2) is 43.1 Å². The summed E-state index contributed by atoms with van der Waals surface area (Å²) in [4.78, 5) is 13.3. The van der Waals surface area contributed by atoms with E-state index in [0.717, 1.165) is 19.0 Å². The summed E-state index contributed by atoms with van der Waals surface area (Å²) in [5.74, 6) is 1.06. The Morgan fingerprint density at radius 1 is 1.33 bits per heavy atom. The van der Waals surface area contributed by atoms with Gasteiger partial charge < -0.3 is 15.8 Å². The zero-order chi connectivity index (χ0) is 14.7. The van der Waals surface area contributed by atoms with Crippen molar-refractivity contribution in [3.63, 3.8) is 0 Å². The Bertz CT molecular complexity index is 489. The minimum atomic E-state index is -0.452. The van der Waals surface area contributed by atoms with Crippen molar-refractivity contribution in [2.24, 2.45) is 11.7 Å². The van der Waals surface area contributed by atoms with Gasteiger partial charge in [-0.1, -0.05) is 12.1 Å². The third-order valence-corrected chi connectivity index (χ3v) is 4.48. The number of hydrogen-bond donors (Lipinski definition) is 2. The van der Waals surface area contributed by atoms with E-state index in [2.05, 4.69) is 22.3 Å². The van der Waals surface area contributed by atoms with Crippen LogP contribution in [0.15, 0.2) is 24.3 Å². The highest BCUT2D eigenvalue weighted by Gasteiger charge is 2.34. The fourth-order valence-electron chi connectivity index (χ4n) is 3.44. The van der Waals surface area contributed by atoms with Crippen LogP contribution in [0.25, 0.3) is 0 Å². The number of nitrogens with zero attached hydrogens (tertiary/aromatic N) is 1. The van der Waals surface area contributed by atoms with Crippen molar-refractivity contribution in [2.45, 2.75) is 25.4 Å². The second kappa shape index (κ2) is 6.45. The van der Waals surface area contributed by atoms with Gasteiger partial charge in [0, 0.05) is 19.1 Å². The molecule has 2 aliphatic heterocycles. The molecule has 0 spiro atoms. The van der Waals surface area contributed by atoms with Crippen molar-refractivity contribution in [2.75, 3.05) is 26.2 Å². The van der Waals surface area contributed by atoms with Crippen LogP contribution in [0.4, 0.5) is 0 Å². The zero-order valence-electron chi connectivity index (χ0n) is 12.3. The van der Waals surface area contributed by atoms with Gasteiger partial charge in [-0.15, -0.1) is 0 Å². The summed E-state index contributed by atoms with van der Waals surface area (Å²) in [6, 6.07) is 8.65. The summed E-state index contributed by atoms with van der Waals surface area (Å²) < 4.78 is 5.28. The number of hydrogen-bond acceptors (Lipinski definition) is 4. The number of fused-ring (bicyclic) bond motifs is 1. The molecule has 1 aromatic rings. The number of carbonyl (C=O) groups excluding carboxylic acids is 1. The molecule has 2 aliphatic rings. The third-order valence-electron chi connectivity index (χ3n) is 4.48. The Morgan fingerprint density at radius 3 is 2.90 bits per heavy atom. The Kier molecular flexibility index (Phi) is 4.41. The normalized spacial score (nSPS) is 25.5. The van der Waals surface area contributed by atoms with E-state index in [4.69, 9.17) is 10.5 Å². The molecule has 0 saturated carbocycles. The van der Waals surface area contributed by atoms with Gasteiger partial charge in [-0.25, -0.2) is 0 Å². The largest absolute Gasteiger partial charge is 0.484 e. The van der Waals surface area contributed by atoms with Crippen LogP contribution < -0.4 is 15.8 Å². The van der Waals surface area contributed by atoms with Gasteiger partial charge in [0.2, 0.25) is 0 Å². The molecule has 2 unspecified atom stereocenters. The topological polar surface area (TPSA) is 67.6 Å². The number of amides is 1. The maximum atomic E-state index is 10.7. The van der Waals surface area contributed by atoms with Crippen LogP contribution in [-0.2, 0) is 11.3 Å². The van der Waals surface area contributed by atoms with Crippen molar-refractivity contribution in [1.29, 1.82) is 0 Å². The number of nitrogens with one attached hydrogen (secondary N) is 1. The molecule has 0 aromatic heterocycles. The number of benzene rings is 1. The highest BCUT2D eigenvalue weighted by Crippen LogP contribution is 2.27. The van der Waals surface area contributed by atoms with Crippen molar-refractivity contribution < 1.29 is 9.53 Å². The molecule has 2 fully saturated rings. The molecule has 2 heterocycles. The zero-order valence-corrected chi connectivity index (χ0v) is 12.3. The van der Waals surface area contributed by atoms with Gasteiger partial charge >= 0.3 is 0 Å². The van der Waals surface area contributed by atoms with Gasteiger partial charge in [-0.05, 0) is 49.5 Å². The first kappa shape index (κ1) is 14.4. The third kappa shape index (κ3) is 3.54. The number of primary amides is 1. The first-order chi connectivity index (χ1) is 10.2. The molecule has 0 radical (unpaired) electrons. The van der Waals surface area contributed by atoms with E-state index >= 15 is 0 Å². The lowest BCUT2D eigenvalue weighted by Gasteiger charge is -2.37. The molecule has 2 saturated heterocycles. The minimum absolute atomic E-state index is 0.0686. The summed E-state index contributed by atoms with van der Waals surface area (Å²) in [6.45, 7) is 4.38. The van der Waals surface area contributed by atoms with E-state index in [-0.39, 0.29) is 6.61 Å². The quantitative estimate of drug-likeness (QED) is 0.839. The van der Waals surface area contributed by atoms with Crippen LogP contribution in [0.5, 0.6) is 5.75 Å². The Labute approximate surface area is 125 Å². The molecule has 3 N–H and O–H groups in total. The lowest BCUT2D eigenvalue weighted by atomic mass is 9.91. The molecule has 0 aliphatic carbocycles. The van der Waals surface area contributed by atoms with Crippen LogP contribution in [0.1, 0.15) is 18.4 Å². The monoisotopic (exact) mass is 289 g/mol. The highest BCUT2D eigenvalue weighted by atomic mass is 16.5. The molecule has 114 valence electrons. The number of ether oxygens (including phenoxy) is 1. The summed E-state index contributed by atoms with van der Waals surface area (Å²) >= 11 is 0. The molecule has 1 amide bonds. The van der Waals surface area contributed by atoms with E-state index < -0.39 is 5.91 Å². The molecule has 21 heavy (non-hydrogen) atoms. The summed E-state index contributed by atoms with van der Waals surface area (Å²) in [5.41, 5.74) is 6.35. The smallest absolute Gasteiger partial charge is 0.255 e. The second-order valence-corrected chi connectivity index (χ2v) is 6.00. The van der Waals surface area contributed by atoms with Crippen molar-refractivity contribution >= 4 is 5.91 Å². The van der Waals surface area contributed by atoms with E-state index in [9.17, 15) is 4.79 Å². The Morgan fingerprint density at radius 2 is 2.14 bits per heavy atom. The minimum Gasteiger partial charge on any atom is -0.484 e. The van der Waals surface area contributed by atoms with Gasteiger partial charge in [0.25, 0.3) is 5.91 Å². The van der Waals surface area contributed by atoms with Crippen LogP contribution in [0, 0.1) is 5.92 Å². The van der Waals surface area contributed by atoms with Gasteiger partial charge in [0.05, 0.1) is 0 Å². The molecule has 2 atom stereocenters. The van der Waals surface area contributed by atoms with Crippen molar-refractivity contribution in [3.8, 4) is 5.75 Å². The molecule has 3 rings (SSSR count). The number of carbonyl (C=O) groups is 1. The van der Waals surface area contributed by atoms with Gasteiger partial charge in [-0.3, -0.25) is 9.69 Å². The first-order valence-electron chi connectivity index (χ1n) is 7.67. The van der Waals surface area contributed by atoms with E-state index in [1.165, 1.54) is 31.5 Å². The maximum absolute atomic E-state index is 10.7. The SMILES string of the molecule is NC(=O)COc1ccc(CN2CCCC3CNCC32)cc1. The number of piperidine rings is 1. The fraction of sp³-hybridized carbons (Fsp3) is 0.562. The van der Waals surface area contributed by atoms with Gasteiger partial charge in [-0.2, -0.15) is 0 Å². The summed E-state index contributed by atoms with van der Waals surface area (Å²) in [5, 5.41) is 3.51. The molecule has 1 aromatic carbocycles. The molecule has 5 nitrogen and oxygen atoms in total. The van der Waals surface area contributed by atoms with E-state index in [0.29, 0.717) is 11.8 Å². The van der Waals surface area contributed by atoms with Crippen molar-refractivity contribution in [3.05, 3.63) is 29.8 Å². The van der Waals surface area contributed by atoms with E-state index in [1.54, 1.807) is 0 Å². The molecule has 0 bridgehead atoms. The van der Waals surface area contributed by atoms with Crippen LogP contribution >= 0.6 is 0 Å². The first-order valence-corrected chi connectivity index (χ1v) is 7.67. The highest BCUT2D eigenvalue weighted by molar-refractivity contribution is 5.75. The summed E-state index contributed by atoms with van der Waals surface area (Å²) in [6.07, 6.45) is 2.65. The van der Waals surface area contributed by atoms with Crippen LogP contribution in [0.3, 0.4) is 0 Å². The number of nitrogens with two attached hydrogens (primary N) is 1. The maximum Gasteiger partial charge on any atom is 0.255 e. The van der Waals surface area contributed by atoms with Crippen molar-refractivity contribution in [1.82, 2.24) is 10.2 Å². The standard InChI is InChI=1S/C16H23N3O2/c17-16(20)11-21-14-5-3-12(4-6-14)10-19-7-1-2-13-8-18-9-15(13)19/h3-6,13,15,18H,1-2,7-11H2,(H2,17,20). The van der Waals surface area contributed by atoms with Gasteiger partial charge in [0.15, 0.2) is 6.61 Å². The average Bonchev–Trinajstić information content (AvgIpc) is 2.96.